The van der Waals surface area contributed by atoms with Crippen LogP contribution in [0.25, 0.3) is 0 Å². The molecular formula is C22H26BClO3. The summed E-state index contributed by atoms with van der Waals surface area (Å²) in [4.78, 5) is 0. The van der Waals surface area contributed by atoms with Crippen molar-refractivity contribution >= 4 is 24.2 Å². The molecule has 3 nitrogen and oxygen atoms in total. The van der Waals surface area contributed by atoms with Gasteiger partial charge in [-0.2, -0.15) is 0 Å². The molecule has 0 aliphatic carbocycles. The van der Waals surface area contributed by atoms with E-state index in [1.807, 2.05) is 18.2 Å². The summed E-state index contributed by atoms with van der Waals surface area (Å²) in [5.74, 6) is 0.870. The summed E-state index contributed by atoms with van der Waals surface area (Å²) < 4.78 is 19.1. The first-order chi connectivity index (χ1) is 12.7. The van der Waals surface area contributed by atoms with Crippen molar-refractivity contribution in [3.05, 3.63) is 58.6 Å². The SMILES string of the molecule is CCC1(c2ccccc2)Cc2c(ccc(Cl)c2B2OC(C)(C)C(C)(C)O2)O1. The molecule has 2 heterocycles. The number of ether oxygens (including phenoxy) is 1. The van der Waals surface area contributed by atoms with Crippen molar-refractivity contribution in [3.8, 4) is 5.75 Å². The normalized spacial score (nSPS) is 25.3. The summed E-state index contributed by atoms with van der Waals surface area (Å²) in [7, 11) is -0.496. The van der Waals surface area contributed by atoms with Gasteiger partial charge < -0.3 is 14.0 Å². The molecule has 2 aromatic carbocycles. The average molecular weight is 385 g/mol. The lowest BCUT2D eigenvalue weighted by Crippen LogP contribution is -2.41. The van der Waals surface area contributed by atoms with Gasteiger partial charge >= 0.3 is 7.12 Å². The van der Waals surface area contributed by atoms with Gasteiger partial charge in [-0.05, 0) is 57.4 Å². The van der Waals surface area contributed by atoms with Crippen LogP contribution in [0.4, 0.5) is 0 Å². The van der Waals surface area contributed by atoms with Crippen LogP contribution in [0.15, 0.2) is 42.5 Å². The van der Waals surface area contributed by atoms with Gasteiger partial charge in [0.15, 0.2) is 0 Å². The number of halogens is 1. The Morgan fingerprint density at radius 2 is 1.59 bits per heavy atom. The van der Waals surface area contributed by atoms with E-state index in [-0.39, 0.29) is 5.60 Å². The molecule has 27 heavy (non-hydrogen) atoms. The summed E-state index contributed by atoms with van der Waals surface area (Å²) in [5.41, 5.74) is 1.96. The van der Waals surface area contributed by atoms with Crippen molar-refractivity contribution in [2.75, 3.05) is 0 Å². The summed E-state index contributed by atoms with van der Waals surface area (Å²) in [6.07, 6.45) is 1.62. The largest absolute Gasteiger partial charge is 0.496 e. The van der Waals surface area contributed by atoms with Crippen molar-refractivity contribution < 1.29 is 14.0 Å². The van der Waals surface area contributed by atoms with Gasteiger partial charge in [-0.25, -0.2) is 0 Å². The molecular weight excluding hydrogens is 359 g/mol. The molecule has 4 rings (SSSR count). The third-order valence-electron chi connectivity index (χ3n) is 6.39. The van der Waals surface area contributed by atoms with Crippen molar-refractivity contribution in [3.63, 3.8) is 0 Å². The number of benzene rings is 2. The van der Waals surface area contributed by atoms with Crippen LogP contribution < -0.4 is 10.2 Å². The van der Waals surface area contributed by atoms with Crippen LogP contribution in [0, 0.1) is 0 Å². The Hall–Kier alpha value is -1.49. The van der Waals surface area contributed by atoms with Crippen LogP contribution in [0.2, 0.25) is 5.02 Å². The fraction of sp³-hybridized carbons (Fsp3) is 0.455. The van der Waals surface area contributed by atoms with Gasteiger partial charge in [0.2, 0.25) is 0 Å². The highest BCUT2D eigenvalue weighted by atomic mass is 35.5. The van der Waals surface area contributed by atoms with Gasteiger partial charge in [0.05, 0.1) is 11.2 Å². The third kappa shape index (κ3) is 2.90. The second-order valence-electron chi connectivity index (χ2n) is 8.52. The molecule has 2 aliphatic rings. The molecule has 0 radical (unpaired) electrons. The zero-order chi connectivity index (χ0) is 19.4. The maximum atomic E-state index is 6.64. The summed E-state index contributed by atoms with van der Waals surface area (Å²) in [6, 6.07) is 14.3. The molecule has 1 fully saturated rings. The smallest absolute Gasteiger partial charge is 0.482 e. The van der Waals surface area contributed by atoms with Gasteiger partial charge in [-0.1, -0.05) is 48.9 Å². The maximum Gasteiger partial charge on any atom is 0.496 e. The molecule has 2 aliphatic heterocycles. The number of hydrogen-bond acceptors (Lipinski definition) is 3. The maximum absolute atomic E-state index is 6.64. The summed E-state index contributed by atoms with van der Waals surface area (Å²) >= 11 is 6.64. The van der Waals surface area contributed by atoms with Crippen molar-refractivity contribution in [1.82, 2.24) is 0 Å². The molecule has 1 atom stereocenters. The van der Waals surface area contributed by atoms with Crippen LogP contribution >= 0.6 is 11.6 Å². The Labute approximate surface area is 167 Å². The molecule has 1 saturated heterocycles. The van der Waals surface area contributed by atoms with Gasteiger partial charge in [0.25, 0.3) is 0 Å². The van der Waals surface area contributed by atoms with Gasteiger partial charge in [0, 0.05) is 16.9 Å². The van der Waals surface area contributed by atoms with Crippen LogP contribution in [-0.4, -0.2) is 18.3 Å². The van der Waals surface area contributed by atoms with Gasteiger partial charge in [0.1, 0.15) is 11.4 Å². The van der Waals surface area contributed by atoms with E-state index >= 15 is 0 Å². The topological polar surface area (TPSA) is 27.7 Å². The molecule has 0 amide bonds. The highest BCUT2D eigenvalue weighted by Crippen LogP contribution is 2.45. The standard InChI is InChI=1S/C22H26BClO3/c1-6-22(15-10-8-7-9-11-15)14-16-18(25-22)13-12-17(24)19(16)23-26-20(2,3)21(4,5)27-23/h7-13H,6,14H2,1-5H3. The molecule has 0 aromatic heterocycles. The van der Waals surface area contributed by atoms with E-state index in [9.17, 15) is 0 Å². The Kier molecular flexibility index (Phi) is 4.38. The quantitative estimate of drug-likeness (QED) is 0.706. The zero-order valence-electron chi connectivity index (χ0n) is 16.6. The molecule has 0 N–H and O–H groups in total. The number of fused-ring (bicyclic) bond motifs is 1. The third-order valence-corrected chi connectivity index (χ3v) is 6.72. The fourth-order valence-corrected chi connectivity index (χ4v) is 4.21. The van der Waals surface area contributed by atoms with E-state index in [0.29, 0.717) is 5.02 Å². The minimum atomic E-state index is -0.496. The molecule has 0 bridgehead atoms. The molecule has 0 saturated carbocycles. The van der Waals surface area contributed by atoms with Crippen LogP contribution in [0.3, 0.4) is 0 Å². The first kappa shape index (κ1) is 18.9. The first-order valence-corrected chi connectivity index (χ1v) is 9.98. The van der Waals surface area contributed by atoms with E-state index in [2.05, 4.69) is 58.9 Å². The minimum Gasteiger partial charge on any atom is -0.482 e. The predicted octanol–water partition coefficient (Wildman–Crippen LogP) is 4.88. The lowest BCUT2D eigenvalue weighted by molar-refractivity contribution is 0.00578. The molecule has 2 aromatic rings. The Balaban J connectivity index is 1.77. The van der Waals surface area contributed by atoms with Gasteiger partial charge in [-0.15, -0.1) is 0 Å². The number of hydrogen-bond donors (Lipinski definition) is 0. The van der Waals surface area contributed by atoms with E-state index in [1.54, 1.807) is 0 Å². The van der Waals surface area contributed by atoms with Crippen molar-refractivity contribution in [2.24, 2.45) is 0 Å². The molecule has 5 heteroatoms. The Bertz CT molecular complexity index is 849. The molecule has 1 unspecified atom stereocenters. The van der Waals surface area contributed by atoms with E-state index in [1.165, 1.54) is 5.56 Å². The van der Waals surface area contributed by atoms with E-state index in [4.69, 9.17) is 25.6 Å². The first-order valence-electron chi connectivity index (χ1n) is 9.60. The fourth-order valence-electron chi connectivity index (χ4n) is 3.95. The molecule has 0 spiro atoms. The van der Waals surface area contributed by atoms with Crippen LogP contribution in [0.5, 0.6) is 5.75 Å². The summed E-state index contributed by atoms with van der Waals surface area (Å²) in [6.45, 7) is 10.4. The highest BCUT2D eigenvalue weighted by molar-refractivity contribution is 6.66. The van der Waals surface area contributed by atoms with Crippen LogP contribution in [-0.2, 0) is 21.3 Å². The van der Waals surface area contributed by atoms with Crippen LogP contribution in [0.1, 0.15) is 52.2 Å². The second-order valence-corrected chi connectivity index (χ2v) is 8.93. The highest BCUT2D eigenvalue weighted by Gasteiger charge is 2.54. The zero-order valence-corrected chi connectivity index (χ0v) is 17.4. The number of rotatable bonds is 3. The monoisotopic (exact) mass is 384 g/mol. The van der Waals surface area contributed by atoms with Gasteiger partial charge in [-0.3, -0.25) is 0 Å². The Morgan fingerprint density at radius 1 is 0.963 bits per heavy atom. The minimum absolute atomic E-state index is 0.382. The Morgan fingerprint density at radius 3 is 2.19 bits per heavy atom. The van der Waals surface area contributed by atoms with Crippen molar-refractivity contribution in [1.29, 1.82) is 0 Å². The van der Waals surface area contributed by atoms with Crippen molar-refractivity contribution in [2.45, 2.75) is 64.3 Å². The van der Waals surface area contributed by atoms with E-state index < -0.39 is 18.3 Å². The van der Waals surface area contributed by atoms with E-state index in [0.717, 1.165) is 29.6 Å². The average Bonchev–Trinajstić information content (AvgIpc) is 3.10. The molecule has 142 valence electrons. The summed E-state index contributed by atoms with van der Waals surface area (Å²) in [5, 5.41) is 0.663. The second kappa shape index (κ2) is 6.27. The lowest BCUT2D eigenvalue weighted by atomic mass is 9.73. The lowest BCUT2D eigenvalue weighted by Gasteiger charge is -2.32. The predicted molar refractivity (Wildman–Crippen MR) is 110 cm³/mol.